The van der Waals surface area contributed by atoms with Crippen LogP contribution in [-0.2, 0) is 4.74 Å². The van der Waals surface area contributed by atoms with Crippen LogP contribution >= 0.6 is 0 Å². The first-order valence-electron chi connectivity index (χ1n) is 6.34. The first-order valence-corrected chi connectivity index (χ1v) is 6.34. The fourth-order valence-corrected chi connectivity index (χ4v) is 1.85. The van der Waals surface area contributed by atoms with Gasteiger partial charge in [0.2, 0.25) is 5.88 Å². The SMILES string of the molecule is C/N=C/c1nc(OCCN2CCOCC2)ccc1O. The Bertz CT molecular complexity index is 431. The Balaban J connectivity index is 1.83. The quantitative estimate of drug-likeness (QED) is 0.787. The average Bonchev–Trinajstić information content (AvgIpc) is 2.44. The second-order valence-electron chi connectivity index (χ2n) is 4.24. The first-order chi connectivity index (χ1) is 9.29. The van der Waals surface area contributed by atoms with Crippen molar-refractivity contribution in [3.8, 4) is 11.6 Å². The smallest absolute Gasteiger partial charge is 0.214 e. The predicted octanol–water partition coefficient (Wildman–Crippen LogP) is 0.547. The minimum absolute atomic E-state index is 0.103. The van der Waals surface area contributed by atoms with Gasteiger partial charge in [0.05, 0.1) is 19.4 Å². The van der Waals surface area contributed by atoms with Crippen LogP contribution in [0.1, 0.15) is 5.69 Å². The summed E-state index contributed by atoms with van der Waals surface area (Å²) in [6.07, 6.45) is 1.50. The largest absolute Gasteiger partial charge is 0.506 e. The molecule has 2 rings (SSSR count). The molecule has 1 aliphatic heterocycles. The molecule has 1 N–H and O–H groups in total. The molecule has 0 aromatic carbocycles. The van der Waals surface area contributed by atoms with Crippen molar-refractivity contribution in [2.45, 2.75) is 0 Å². The summed E-state index contributed by atoms with van der Waals surface area (Å²) in [6, 6.07) is 3.22. The van der Waals surface area contributed by atoms with E-state index in [1.807, 2.05) is 0 Å². The second-order valence-corrected chi connectivity index (χ2v) is 4.24. The Hall–Kier alpha value is -1.66. The lowest BCUT2D eigenvalue weighted by Gasteiger charge is -2.26. The Labute approximate surface area is 112 Å². The van der Waals surface area contributed by atoms with E-state index >= 15 is 0 Å². The molecule has 0 atom stereocenters. The van der Waals surface area contributed by atoms with E-state index in [0.29, 0.717) is 18.2 Å². The van der Waals surface area contributed by atoms with Crippen molar-refractivity contribution in [1.82, 2.24) is 9.88 Å². The van der Waals surface area contributed by atoms with Gasteiger partial charge in [-0.15, -0.1) is 0 Å². The molecule has 1 saturated heterocycles. The lowest BCUT2D eigenvalue weighted by Crippen LogP contribution is -2.38. The van der Waals surface area contributed by atoms with Crippen molar-refractivity contribution in [1.29, 1.82) is 0 Å². The molecule has 6 nitrogen and oxygen atoms in total. The van der Waals surface area contributed by atoms with Gasteiger partial charge in [0.15, 0.2) is 0 Å². The van der Waals surface area contributed by atoms with E-state index in [1.165, 1.54) is 6.21 Å². The Morgan fingerprint density at radius 3 is 3.00 bits per heavy atom. The summed E-state index contributed by atoms with van der Waals surface area (Å²) in [6.45, 7) is 4.88. The topological polar surface area (TPSA) is 67.2 Å². The minimum atomic E-state index is 0.103. The molecular weight excluding hydrogens is 246 g/mol. The van der Waals surface area contributed by atoms with Crippen molar-refractivity contribution in [3.05, 3.63) is 17.8 Å². The van der Waals surface area contributed by atoms with Crippen LogP contribution in [0.3, 0.4) is 0 Å². The van der Waals surface area contributed by atoms with Crippen LogP contribution in [0.15, 0.2) is 17.1 Å². The fourth-order valence-electron chi connectivity index (χ4n) is 1.85. The molecule has 1 aliphatic rings. The Kier molecular flexibility index (Phi) is 5.11. The number of hydrogen-bond donors (Lipinski definition) is 1. The minimum Gasteiger partial charge on any atom is -0.506 e. The highest BCUT2D eigenvalue weighted by molar-refractivity contribution is 5.80. The zero-order valence-electron chi connectivity index (χ0n) is 11.1. The molecule has 0 saturated carbocycles. The third kappa shape index (κ3) is 4.18. The number of aromatic nitrogens is 1. The Morgan fingerprint density at radius 1 is 1.47 bits per heavy atom. The summed E-state index contributed by atoms with van der Waals surface area (Å²) >= 11 is 0. The van der Waals surface area contributed by atoms with Gasteiger partial charge in [0.1, 0.15) is 18.1 Å². The first kappa shape index (κ1) is 13.8. The molecule has 19 heavy (non-hydrogen) atoms. The molecule has 0 spiro atoms. The van der Waals surface area contributed by atoms with Gasteiger partial charge in [-0.1, -0.05) is 0 Å². The molecule has 0 bridgehead atoms. The summed E-state index contributed by atoms with van der Waals surface area (Å²) in [5.74, 6) is 0.604. The molecule has 1 fully saturated rings. The second kappa shape index (κ2) is 7.06. The van der Waals surface area contributed by atoms with Crippen LogP contribution < -0.4 is 4.74 Å². The van der Waals surface area contributed by atoms with Crippen LogP contribution in [0.25, 0.3) is 0 Å². The van der Waals surface area contributed by atoms with Crippen LogP contribution in [0.5, 0.6) is 11.6 Å². The standard InChI is InChI=1S/C13H19N3O3/c1-14-10-11-12(17)2-3-13(15-11)19-9-6-16-4-7-18-8-5-16/h2-3,10,17H,4-9H2,1H3/b14-10+. The van der Waals surface area contributed by atoms with Gasteiger partial charge < -0.3 is 14.6 Å². The van der Waals surface area contributed by atoms with Crippen molar-refractivity contribution in [3.63, 3.8) is 0 Å². The number of nitrogens with zero attached hydrogens (tertiary/aromatic N) is 3. The van der Waals surface area contributed by atoms with Crippen molar-refractivity contribution in [2.75, 3.05) is 46.5 Å². The molecule has 0 amide bonds. The molecule has 0 unspecified atom stereocenters. The lowest BCUT2D eigenvalue weighted by molar-refractivity contribution is 0.0320. The summed E-state index contributed by atoms with van der Waals surface area (Å²) < 4.78 is 10.9. The van der Waals surface area contributed by atoms with Gasteiger partial charge in [-0.25, -0.2) is 4.98 Å². The van der Waals surface area contributed by atoms with E-state index in [-0.39, 0.29) is 5.75 Å². The van der Waals surface area contributed by atoms with Gasteiger partial charge in [-0.3, -0.25) is 9.89 Å². The summed E-state index contributed by atoms with van der Waals surface area (Å²) in [7, 11) is 1.63. The zero-order chi connectivity index (χ0) is 13.5. The van der Waals surface area contributed by atoms with Gasteiger partial charge >= 0.3 is 0 Å². The number of aromatic hydroxyl groups is 1. The fraction of sp³-hybridized carbons (Fsp3) is 0.538. The number of pyridine rings is 1. The molecule has 2 heterocycles. The number of morpholine rings is 1. The average molecular weight is 265 g/mol. The molecule has 6 heteroatoms. The maximum atomic E-state index is 9.56. The third-order valence-corrected chi connectivity index (χ3v) is 2.89. The van der Waals surface area contributed by atoms with E-state index in [4.69, 9.17) is 9.47 Å². The van der Waals surface area contributed by atoms with Crippen LogP contribution in [0, 0.1) is 0 Å². The number of ether oxygens (including phenoxy) is 2. The molecular formula is C13H19N3O3. The number of aliphatic imine (C=N–C) groups is 1. The highest BCUT2D eigenvalue weighted by atomic mass is 16.5. The van der Waals surface area contributed by atoms with Crippen molar-refractivity contribution >= 4 is 6.21 Å². The predicted molar refractivity (Wildman–Crippen MR) is 72.2 cm³/mol. The van der Waals surface area contributed by atoms with Crippen molar-refractivity contribution in [2.24, 2.45) is 4.99 Å². The summed E-state index contributed by atoms with van der Waals surface area (Å²) in [5.41, 5.74) is 0.423. The normalized spacial score (nSPS) is 16.9. The summed E-state index contributed by atoms with van der Waals surface area (Å²) in [5, 5.41) is 9.56. The maximum Gasteiger partial charge on any atom is 0.214 e. The van der Waals surface area contributed by atoms with E-state index in [1.54, 1.807) is 19.2 Å². The van der Waals surface area contributed by atoms with Crippen LogP contribution in [-0.4, -0.2) is 67.7 Å². The number of rotatable bonds is 5. The number of hydrogen-bond acceptors (Lipinski definition) is 6. The highest BCUT2D eigenvalue weighted by Crippen LogP contribution is 2.17. The van der Waals surface area contributed by atoms with E-state index in [2.05, 4.69) is 14.9 Å². The lowest BCUT2D eigenvalue weighted by atomic mass is 10.3. The van der Waals surface area contributed by atoms with Gasteiger partial charge in [-0.05, 0) is 6.07 Å². The molecule has 0 radical (unpaired) electrons. The van der Waals surface area contributed by atoms with Crippen LogP contribution in [0.2, 0.25) is 0 Å². The van der Waals surface area contributed by atoms with Gasteiger partial charge in [-0.2, -0.15) is 0 Å². The maximum absolute atomic E-state index is 9.56. The molecule has 1 aromatic rings. The summed E-state index contributed by atoms with van der Waals surface area (Å²) in [4.78, 5) is 10.3. The van der Waals surface area contributed by atoms with Gasteiger partial charge in [0, 0.05) is 32.7 Å². The van der Waals surface area contributed by atoms with Gasteiger partial charge in [0.25, 0.3) is 0 Å². The third-order valence-electron chi connectivity index (χ3n) is 2.89. The Morgan fingerprint density at radius 2 is 2.26 bits per heavy atom. The molecule has 1 aromatic heterocycles. The highest BCUT2D eigenvalue weighted by Gasteiger charge is 2.10. The van der Waals surface area contributed by atoms with E-state index in [9.17, 15) is 5.11 Å². The van der Waals surface area contributed by atoms with Crippen molar-refractivity contribution < 1.29 is 14.6 Å². The van der Waals surface area contributed by atoms with E-state index < -0.39 is 0 Å². The monoisotopic (exact) mass is 265 g/mol. The zero-order valence-corrected chi connectivity index (χ0v) is 11.1. The molecule has 104 valence electrons. The van der Waals surface area contributed by atoms with E-state index in [0.717, 1.165) is 32.8 Å². The molecule has 0 aliphatic carbocycles. The van der Waals surface area contributed by atoms with Crippen LogP contribution in [0.4, 0.5) is 0 Å².